The number of aliphatic hydroxyl groups excluding tert-OH is 1. The van der Waals surface area contributed by atoms with E-state index < -0.39 is 0 Å². The van der Waals surface area contributed by atoms with E-state index in [1.807, 2.05) is 0 Å². The number of hydrogen-bond acceptors (Lipinski definition) is 2. The van der Waals surface area contributed by atoms with Crippen molar-refractivity contribution in [2.45, 2.75) is 45.8 Å². The molecule has 1 aliphatic rings. The molecule has 2 atom stereocenters. The van der Waals surface area contributed by atoms with Crippen molar-refractivity contribution in [3.05, 3.63) is 0 Å². The Bertz CT molecular complexity index is 136. The lowest BCUT2D eigenvalue weighted by Gasteiger charge is -2.24. The van der Waals surface area contributed by atoms with Crippen LogP contribution in [0.2, 0.25) is 0 Å². The molecule has 72 valence electrons. The highest BCUT2D eigenvalue weighted by molar-refractivity contribution is 4.84. The largest absolute Gasteiger partial charge is 0.392 e. The van der Waals surface area contributed by atoms with Gasteiger partial charge in [-0.05, 0) is 18.8 Å². The van der Waals surface area contributed by atoms with E-state index in [2.05, 4.69) is 25.7 Å². The van der Waals surface area contributed by atoms with Gasteiger partial charge in [0, 0.05) is 19.1 Å². The molecule has 1 saturated heterocycles. The van der Waals surface area contributed by atoms with Crippen molar-refractivity contribution < 1.29 is 5.11 Å². The monoisotopic (exact) mass is 171 g/mol. The lowest BCUT2D eigenvalue weighted by atomic mass is 10.1. The number of hydrogen-bond donors (Lipinski definition) is 1. The first-order valence-corrected chi connectivity index (χ1v) is 5.05. The van der Waals surface area contributed by atoms with Crippen molar-refractivity contribution in [2.24, 2.45) is 5.92 Å². The minimum atomic E-state index is -0.0753. The zero-order valence-corrected chi connectivity index (χ0v) is 8.45. The summed E-state index contributed by atoms with van der Waals surface area (Å²) in [7, 11) is 0. The van der Waals surface area contributed by atoms with Gasteiger partial charge < -0.3 is 5.11 Å². The van der Waals surface area contributed by atoms with Crippen LogP contribution in [0.3, 0.4) is 0 Å². The van der Waals surface area contributed by atoms with Crippen molar-refractivity contribution in [3.63, 3.8) is 0 Å². The van der Waals surface area contributed by atoms with Gasteiger partial charge in [-0.15, -0.1) is 0 Å². The molecule has 0 amide bonds. The van der Waals surface area contributed by atoms with Crippen molar-refractivity contribution in [3.8, 4) is 0 Å². The molecule has 0 saturated carbocycles. The summed E-state index contributed by atoms with van der Waals surface area (Å²) in [5, 5.41) is 9.47. The molecule has 0 aromatic rings. The summed E-state index contributed by atoms with van der Waals surface area (Å²) in [6.07, 6.45) is 2.07. The van der Waals surface area contributed by atoms with E-state index in [1.54, 1.807) is 0 Å². The van der Waals surface area contributed by atoms with Crippen LogP contribution in [0, 0.1) is 5.92 Å². The van der Waals surface area contributed by atoms with Crippen molar-refractivity contribution in [1.29, 1.82) is 0 Å². The second-order valence-electron chi connectivity index (χ2n) is 4.30. The molecule has 2 heteroatoms. The van der Waals surface area contributed by atoms with Crippen LogP contribution in [0.15, 0.2) is 0 Å². The fourth-order valence-electron chi connectivity index (χ4n) is 2.07. The summed E-state index contributed by atoms with van der Waals surface area (Å²) in [5.74, 6) is 0.712. The molecule has 0 radical (unpaired) electrons. The van der Waals surface area contributed by atoms with Gasteiger partial charge in [0.2, 0.25) is 0 Å². The van der Waals surface area contributed by atoms with Gasteiger partial charge in [-0.2, -0.15) is 0 Å². The van der Waals surface area contributed by atoms with Gasteiger partial charge >= 0.3 is 0 Å². The maximum Gasteiger partial charge on any atom is 0.0682 e. The first-order chi connectivity index (χ1) is 5.63. The Morgan fingerprint density at radius 2 is 2.17 bits per heavy atom. The maximum absolute atomic E-state index is 9.47. The molecule has 1 N–H and O–H groups in total. The molecule has 12 heavy (non-hydrogen) atoms. The number of likely N-dealkylation sites (tertiary alicyclic amines) is 1. The van der Waals surface area contributed by atoms with Crippen LogP contribution in [0.1, 0.15) is 33.6 Å². The van der Waals surface area contributed by atoms with Crippen molar-refractivity contribution in [2.75, 3.05) is 13.1 Å². The Morgan fingerprint density at radius 1 is 1.50 bits per heavy atom. The Morgan fingerprint density at radius 3 is 2.67 bits per heavy atom. The Kier molecular flexibility index (Phi) is 3.53. The van der Waals surface area contributed by atoms with Crippen LogP contribution in [0.25, 0.3) is 0 Å². The first-order valence-electron chi connectivity index (χ1n) is 5.05. The van der Waals surface area contributed by atoms with Gasteiger partial charge in [0.25, 0.3) is 0 Å². The second kappa shape index (κ2) is 4.24. The van der Waals surface area contributed by atoms with Gasteiger partial charge in [0.1, 0.15) is 0 Å². The van der Waals surface area contributed by atoms with E-state index in [4.69, 9.17) is 0 Å². The summed E-state index contributed by atoms with van der Waals surface area (Å²) < 4.78 is 0. The second-order valence-corrected chi connectivity index (χ2v) is 4.30. The third kappa shape index (κ3) is 2.46. The molecule has 2 nitrogen and oxygen atoms in total. The molecule has 1 fully saturated rings. The first kappa shape index (κ1) is 10.0. The Labute approximate surface area is 75.6 Å². The molecule has 1 heterocycles. The van der Waals surface area contributed by atoms with Crippen molar-refractivity contribution >= 4 is 0 Å². The number of β-amino-alcohol motifs (C(OH)–C–C–N with tert-alkyl or cyclic N) is 1. The zero-order chi connectivity index (χ0) is 9.14. The molecule has 0 unspecified atom stereocenters. The molecule has 0 aliphatic carbocycles. The minimum absolute atomic E-state index is 0.0753. The van der Waals surface area contributed by atoms with E-state index >= 15 is 0 Å². The predicted molar refractivity (Wildman–Crippen MR) is 51.1 cm³/mol. The van der Waals surface area contributed by atoms with Crippen LogP contribution in [-0.2, 0) is 0 Å². The lowest BCUT2D eigenvalue weighted by Crippen LogP contribution is -2.32. The van der Waals surface area contributed by atoms with E-state index in [1.165, 1.54) is 6.42 Å². The maximum atomic E-state index is 9.47. The molecule has 0 aromatic heterocycles. The molecular formula is C10H21NO. The van der Waals surface area contributed by atoms with Crippen LogP contribution >= 0.6 is 0 Å². The highest BCUT2D eigenvalue weighted by atomic mass is 16.3. The average Bonchev–Trinajstić information content (AvgIpc) is 2.29. The minimum Gasteiger partial charge on any atom is -0.392 e. The molecular weight excluding hydrogens is 150 g/mol. The highest BCUT2D eigenvalue weighted by Gasteiger charge is 2.29. The lowest BCUT2D eigenvalue weighted by molar-refractivity contribution is 0.168. The molecule has 1 aliphatic heterocycles. The van der Waals surface area contributed by atoms with Crippen LogP contribution < -0.4 is 0 Å². The van der Waals surface area contributed by atoms with E-state index in [0.29, 0.717) is 12.0 Å². The molecule has 0 aromatic carbocycles. The Hall–Kier alpha value is -0.0800. The van der Waals surface area contributed by atoms with Crippen LogP contribution in [0.5, 0.6) is 0 Å². The summed E-state index contributed by atoms with van der Waals surface area (Å²) in [6, 6.07) is 0.627. The van der Waals surface area contributed by atoms with Gasteiger partial charge in [-0.25, -0.2) is 0 Å². The van der Waals surface area contributed by atoms with Gasteiger partial charge in [0.05, 0.1) is 6.10 Å². The quantitative estimate of drug-likeness (QED) is 0.695. The van der Waals surface area contributed by atoms with Gasteiger partial charge in [-0.3, -0.25) is 4.90 Å². The molecule has 0 spiro atoms. The van der Waals surface area contributed by atoms with E-state index in [0.717, 1.165) is 19.5 Å². The number of aliphatic hydroxyl groups is 1. The highest BCUT2D eigenvalue weighted by Crippen LogP contribution is 2.21. The summed E-state index contributed by atoms with van der Waals surface area (Å²) in [4.78, 5) is 2.43. The van der Waals surface area contributed by atoms with E-state index in [9.17, 15) is 5.11 Å². The third-order valence-corrected chi connectivity index (χ3v) is 2.58. The van der Waals surface area contributed by atoms with Gasteiger partial charge in [-0.1, -0.05) is 20.8 Å². The van der Waals surface area contributed by atoms with Crippen molar-refractivity contribution in [1.82, 2.24) is 4.90 Å². The fourth-order valence-corrected chi connectivity index (χ4v) is 2.07. The average molecular weight is 171 g/mol. The molecule has 1 rings (SSSR count). The fraction of sp³-hybridized carbons (Fsp3) is 1.00. The SMILES string of the molecule is CC[C@H]1C[C@@H](O)CN1CC(C)C. The Balaban J connectivity index is 2.40. The summed E-state index contributed by atoms with van der Waals surface area (Å²) in [5.41, 5.74) is 0. The third-order valence-electron chi connectivity index (χ3n) is 2.58. The van der Waals surface area contributed by atoms with Gasteiger partial charge in [0.15, 0.2) is 0 Å². The topological polar surface area (TPSA) is 23.5 Å². The number of rotatable bonds is 3. The number of nitrogens with zero attached hydrogens (tertiary/aromatic N) is 1. The molecule has 0 bridgehead atoms. The smallest absolute Gasteiger partial charge is 0.0682 e. The standard InChI is InChI=1S/C10H21NO/c1-4-9-5-10(12)7-11(9)6-8(2)3/h8-10,12H,4-7H2,1-3H3/t9-,10+/m0/s1. The zero-order valence-electron chi connectivity index (χ0n) is 8.45. The summed E-state index contributed by atoms with van der Waals surface area (Å²) in [6.45, 7) is 8.69. The normalized spacial score (nSPS) is 31.8. The predicted octanol–water partition coefficient (Wildman–Crippen LogP) is 1.49. The van der Waals surface area contributed by atoms with Crippen LogP contribution in [-0.4, -0.2) is 35.2 Å². The van der Waals surface area contributed by atoms with Crippen LogP contribution in [0.4, 0.5) is 0 Å². The summed E-state index contributed by atoms with van der Waals surface area (Å²) >= 11 is 0. The van der Waals surface area contributed by atoms with E-state index in [-0.39, 0.29) is 6.10 Å².